The Morgan fingerprint density at radius 2 is 1.77 bits per heavy atom. The summed E-state index contributed by atoms with van der Waals surface area (Å²) in [5.74, 6) is 0.473. The highest BCUT2D eigenvalue weighted by Gasteiger charge is 2.53. The normalized spacial score (nSPS) is 20.6. The highest BCUT2D eigenvalue weighted by molar-refractivity contribution is 6.01. The molecule has 11 heteroatoms. The topological polar surface area (TPSA) is 161 Å². The Morgan fingerprint density at radius 3 is 2.50 bits per heavy atom. The Labute approximate surface area is 256 Å². The van der Waals surface area contributed by atoms with E-state index in [-0.39, 0.29) is 25.5 Å². The van der Waals surface area contributed by atoms with Gasteiger partial charge >= 0.3 is 0 Å². The van der Waals surface area contributed by atoms with Crippen LogP contribution in [-0.4, -0.2) is 52.9 Å². The van der Waals surface area contributed by atoms with Gasteiger partial charge in [-0.15, -0.1) is 0 Å². The molecule has 0 radical (unpaired) electrons. The first-order valence-electron chi connectivity index (χ1n) is 15.0. The van der Waals surface area contributed by atoms with Gasteiger partial charge in [-0.1, -0.05) is 79.0 Å². The molecule has 1 aliphatic heterocycles. The first kappa shape index (κ1) is 31.0. The van der Waals surface area contributed by atoms with E-state index in [1.807, 2.05) is 54.6 Å². The number of aliphatic imine (C=N–C) groups is 1. The number of aliphatic hydroxyl groups is 2. The van der Waals surface area contributed by atoms with Crippen LogP contribution in [0.2, 0.25) is 0 Å². The summed E-state index contributed by atoms with van der Waals surface area (Å²) in [6.45, 7) is 0.638. The standard InChI is InChI=1S/C33H38N6O5/c34-39-37-28-13-6-5-12-26(28)22-33(31(41)38-35-23-32(42)18-7-2-8-19-32)29(24-10-3-1-4-11-24)44-30(36-33)25-14-16-27(17-15-25)43-21-9-20-40/h1,3-6,10-17,29,35,40,42H,2,7-9,18-23H2,(H,38,41)/t29-,33-/m0/s1. The zero-order chi connectivity index (χ0) is 30.8. The van der Waals surface area contributed by atoms with E-state index in [0.717, 1.165) is 24.8 Å². The molecule has 11 nitrogen and oxygen atoms in total. The van der Waals surface area contributed by atoms with Crippen molar-refractivity contribution in [3.8, 4) is 5.75 Å². The number of nitrogens with one attached hydrogen (secondary N) is 2. The number of hydrogen-bond donors (Lipinski definition) is 4. The number of carbonyl (C=O) groups is 1. The molecule has 2 aliphatic rings. The number of hydrogen-bond acceptors (Lipinski definition) is 8. The summed E-state index contributed by atoms with van der Waals surface area (Å²) in [5, 5.41) is 23.9. The van der Waals surface area contributed by atoms with Crippen molar-refractivity contribution in [1.82, 2.24) is 10.9 Å². The van der Waals surface area contributed by atoms with Gasteiger partial charge in [0.15, 0.2) is 11.6 Å². The molecule has 3 aromatic rings. The SMILES string of the molecule is [N-]=[N+]=Nc1ccccc1C[C@]1(C(=O)NNCC2(O)CCCCC2)N=C(c2ccc(OCCCO)cc2)O[C@H]1c1ccccc1. The summed E-state index contributed by atoms with van der Waals surface area (Å²) < 4.78 is 12.2. The van der Waals surface area contributed by atoms with Crippen LogP contribution in [0.15, 0.2) is 89.0 Å². The van der Waals surface area contributed by atoms with Crippen molar-refractivity contribution in [3.05, 3.63) is 106 Å². The van der Waals surface area contributed by atoms with E-state index in [2.05, 4.69) is 20.9 Å². The minimum atomic E-state index is -1.50. The third-order valence-electron chi connectivity index (χ3n) is 8.14. The molecule has 0 unspecified atom stereocenters. The molecule has 0 saturated heterocycles. The number of hydrazine groups is 1. The molecule has 4 N–H and O–H groups in total. The number of carbonyl (C=O) groups excluding carboxylic acids is 1. The van der Waals surface area contributed by atoms with Crippen molar-refractivity contribution in [2.75, 3.05) is 19.8 Å². The lowest BCUT2D eigenvalue weighted by molar-refractivity contribution is -0.130. The Hall–Kier alpha value is -4.41. The molecule has 1 saturated carbocycles. The third-order valence-corrected chi connectivity index (χ3v) is 8.14. The van der Waals surface area contributed by atoms with E-state index in [1.54, 1.807) is 24.3 Å². The lowest BCUT2D eigenvalue weighted by Crippen LogP contribution is -2.56. The smallest absolute Gasteiger partial charge is 0.266 e. The van der Waals surface area contributed by atoms with Gasteiger partial charge in [-0.25, -0.2) is 10.4 Å². The average molecular weight is 599 g/mol. The molecule has 2 atom stereocenters. The predicted molar refractivity (Wildman–Crippen MR) is 166 cm³/mol. The molecule has 5 rings (SSSR count). The minimum Gasteiger partial charge on any atom is -0.494 e. The number of ether oxygens (including phenoxy) is 2. The Balaban J connectivity index is 1.52. The molecule has 1 aliphatic carbocycles. The maximum Gasteiger partial charge on any atom is 0.266 e. The van der Waals surface area contributed by atoms with Gasteiger partial charge in [-0.2, -0.15) is 0 Å². The van der Waals surface area contributed by atoms with E-state index in [1.165, 1.54) is 0 Å². The largest absolute Gasteiger partial charge is 0.494 e. The van der Waals surface area contributed by atoms with Crippen LogP contribution in [0.1, 0.15) is 61.3 Å². The number of nitrogens with zero attached hydrogens (tertiary/aromatic N) is 4. The van der Waals surface area contributed by atoms with Gasteiger partial charge in [0.1, 0.15) is 5.75 Å². The molecule has 0 spiro atoms. The van der Waals surface area contributed by atoms with Crippen LogP contribution < -0.4 is 15.6 Å². The molecule has 0 bridgehead atoms. The highest BCUT2D eigenvalue weighted by atomic mass is 16.5. The average Bonchev–Trinajstić information content (AvgIpc) is 3.44. The van der Waals surface area contributed by atoms with Crippen LogP contribution in [0.3, 0.4) is 0 Å². The minimum absolute atomic E-state index is 0.0463. The molecule has 1 amide bonds. The first-order valence-corrected chi connectivity index (χ1v) is 15.0. The van der Waals surface area contributed by atoms with Crippen molar-refractivity contribution in [3.63, 3.8) is 0 Å². The second-order valence-electron chi connectivity index (χ2n) is 11.3. The van der Waals surface area contributed by atoms with Gasteiger partial charge in [0.05, 0.1) is 12.2 Å². The molecule has 1 fully saturated rings. The van der Waals surface area contributed by atoms with Crippen LogP contribution in [0.4, 0.5) is 5.69 Å². The molecule has 1 heterocycles. The molecule has 3 aromatic carbocycles. The third kappa shape index (κ3) is 7.20. The van der Waals surface area contributed by atoms with Crippen molar-refractivity contribution < 1.29 is 24.5 Å². The number of rotatable bonds is 13. The Bertz CT molecular complexity index is 1490. The second-order valence-corrected chi connectivity index (χ2v) is 11.3. The van der Waals surface area contributed by atoms with Crippen LogP contribution in [-0.2, 0) is 16.0 Å². The van der Waals surface area contributed by atoms with Gasteiger partial charge in [-0.05, 0) is 53.8 Å². The lowest BCUT2D eigenvalue weighted by atomic mass is 9.81. The summed E-state index contributed by atoms with van der Waals surface area (Å²) in [6.07, 6.45) is 4.08. The van der Waals surface area contributed by atoms with Crippen molar-refractivity contribution >= 4 is 17.5 Å². The summed E-state index contributed by atoms with van der Waals surface area (Å²) in [5.41, 5.74) is 15.1. The van der Waals surface area contributed by atoms with Crippen LogP contribution in [0, 0.1) is 0 Å². The van der Waals surface area contributed by atoms with Crippen LogP contribution in [0.25, 0.3) is 10.4 Å². The molecule has 44 heavy (non-hydrogen) atoms. The van der Waals surface area contributed by atoms with Gasteiger partial charge < -0.3 is 19.7 Å². The van der Waals surface area contributed by atoms with Gasteiger partial charge in [-0.3, -0.25) is 10.2 Å². The maximum atomic E-state index is 14.4. The lowest BCUT2D eigenvalue weighted by Gasteiger charge is -2.34. The first-order chi connectivity index (χ1) is 21.5. The summed E-state index contributed by atoms with van der Waals surface area (Å²) >= 11 is 0. The van der Waals surface area contributed by atoms with Gasteiger partial charge in [0.25, 0.3) is 5.91 Å². The summed E-state index contributed by atoms with van der Waals surface area (Å²) in [7, 11) is 0. The summed E-state index contributed by atoms with van der Waals surface area (Å²) in [6, 6.07) is 23.7. The fraction of sp³-hybridized carbons (Fsp3) is 0.394. The number of amides is 1. The van der Waals surface area contributed by atoms with Crippen molar-refractivity contribution in [2.24, 2.45) is 10.1 Å². The monoisotopic (exact) mass is 598 g/mol. The molecule has 230 valence electrons. The van der Waals surface area contributed by atoms with E-state index >= 15 is 0 Å². The van der Waals surface area contributed by atoms with E-state index in [0.29, 0.717) is 48.4 Å². The quantitative estimate of drug-likeness (QED) is 0.0695. The number of azide groups is 1. The number of benzene rings is 3. The molecular formula is C33H38N6O5. The van der Waals surface area contributed by atoms with Gasteiger partial charge in [0.2, 0.25) is 5.90 Å². The maximum absolute atomic E-state index is 14.4. The van der Waals surface area contributed by atoms with Crippen molar-refractivity contribution in [2.45, 2.75) is 62.2 Å². The van der Waals surface area contributed by atoms with Crippen LogP contribution >= 0.6 is 0 Å². The number of aliphatic hydroxyl groups excluding tert-OH is 1. The zero-order valence-electron chi connectivity index (χ0n) is 24.6. The predicted octanol–water partition coefficient (Wildman–Crippen LogP) is 5.21. The van der Waals surface area contributed by atoms with Crippen molar-refractivity contribution in [1.29, 1.82) is 0 Å². The van der Waals surface area contributed by atoms with E-state index in [9.17, 15) is 15.4 Å². The van der Waals surface area contributed by atoms with Crippen LogP contribution in [0.5, 0.6) is 5.75 Å². The Kier molecular flexibility index (Phi) is 10.1. The van der Waals surface area contributed by atoms with E-state index in [4.69, 9.17) is 19.6 Å². The molecular weight excluding hydrogens is 560 g/mol. The Morgan fingerprint density at radius 1 is 1.05 bits per heavy atom. The summed E-state index contributed by atoms with van der Waals surface area (Å²) in [4.78, 5) is 22.3. The zero-order valence-corrected chi connectivity index (χ0v) is 24.6. The molecule has 0 aromatic heterocycles. The highest BCUT2D eigenvalue weighted by Crippen LogP contribution is 2.43. The fourth-order valence-electron chi connectivity index (χ4n) is 5.79. The second kappa shape index (κ2) is 14.4. The fourth-order valence-corrected chi connectivity index (χ4v) is 5.79. The van der Waals surface area contributed by atoms with E-state index < -0.39 is 23.2 Å². The van der Waals surface area contributed by atoms with Gasteiger partial charge in [0, 0.05) is 42.2 Å².